The molecule has 102 valence electrons. The SMILES string of the molecule is CCNCC(O)COc1ccc2ccccc2c1Br. The molecule has 0 aliphatic heterocycles. The highest BCUT2D eigenvalue weighted by Crippen LogP contribution is 2.32. The predicted octanol–water partition coefficient (Wildman–Crippen LogP) is 2.95. The van der Waals surface area contributed by atoms with E-state index in [1.807, 2.05) is 37.3 Å². The lowest BCUT2D eigenvalue weighted by molar-refractivity contribution is 0.106. The molecule has 0 saturated heterocycles. The van der Waals surface area contributed by atoms with Gasteiger partial charge in [0.2, 0.25) is 0 Å². The van der Waals surface area contributed by atoms with Gasteiger partial charge in [0.05, 0.1) is 4.47 Å². The second-order valence-electron chi connectivity index (χ2n) is 4.37. The zero-order valence-corrected chi connectivity index (χ0v) is 12.5. The maximum atomic E-state index is 9.74. The summed E-state index contributed by atoms with van der Waals surface area (Å²) in [6.07, 6.45) is -0.502. The molecule has 2 N–H and O–H groups in total. The van der Waals surface area contributed by atoms with E-state index in [1.54, 1.807) is 0 Å². The Hall–Kier alpha value is -1.10. The lowest BCUT2D eigenvalue weighted by Gasteiger charge is -2.14. The van der Waals surface area contributed by atoms with Crippen LogP contribution in [0.2, 0.25) is 0 Å². The van der Waals surface area contributed by atoms with Crippen LogP contribution in [0.25, 0.3) is 10.8 Å². The first kappa shape index (κ1) is 14.3. The number of fused-ring (bicyclic) bond motifs is 1. The van der Waals surface area contributed by atoms with E-state index in [4.69, 9.17) is 4.74 Å². The van der Waals surface area contributed by atoms with Crippen molar-refractivity contribution in [3.8, 4) is 5.75 Å². The van der Waals surface area contributed by atoms with E-state index in [0.717, 1.165) is 27.5 Å². The van der Waals surface area contributed by atoms with E-state index in [9.17, 15) is 5.11 Å². The number of ether oxygens (including phenoxy) is 1. The van der Waals surface area contributed by atoms with Gasteiger partial charge in [0.15, 0.2) is 0 Å². The quantitative estimate of drug-likeness (QED) is 0.858. The average molecular weight is 324 g/mol. The zero-order valence-electron chi connectivity index (χ0n) is 10.9. The molecule has 0 spiro atoms. The van der Waals surface area contributed by atoms with Crippen LogP contribution in [0.3, 0.4) is 0 Å². The largest absolute Gasteiger partial charge is 0.490 e. The van der Waals surface area contributed by atoms with Crippen LogP contribution in [0.5, 0.6) is 5.75 Å². The summed E-state index contributed by atoms with van der Waals surface area (Å²) in [5.74, 6) is 0.759. The molecule has 0 radical (unpaired) electrons. The van der Waals surface area contributed by atoms with Crippen LogP contribution in [0.1, 0.15) is 6.92 Å². The molecule has 2 rings (SSSR count). The zero-order chi connectivity index (χ0) is 13.7. The third-order valence-corrected chi connectivity index (χ3v) is 3.71. The van der Waals surface area contributed by atoms with Gasteiger partial charge in [0.1, 0.15) is 18.5 Å². The molecule has 0 aliphatic rings. The third kappa shape index (κ3) is 3.69. The van der Waals surface area contributed by atoms with Gasteiger partial charge in [-0.3, -0.25) is 0 Å². The summed E-state index contributed by atoms with van der Waals surface area (Å²) in [5.41, 5.74) is 0. The summed E-state index contributed by atoms with van der Waals surface area (Å²) >= 11 is 3.56. The first-order valence-corrected chi connectivity index (χ1v) is 7.20. The molecule has 1 atom stereocenters. The number of aliphatic hydroxyl groups is 1. The van der Waals surface area contributed by atoms with Crippen molar-refractivity contribution in [2.45, 2.75) is 13.0 Å². The Kier molecular flexibility index (Phi) is 5.19. The molecule has 2 aromatic carbocycles. The van der Waals surface area contributed by atoms with Gasteiger partial charge in [-0.2, -0.15) is 0 Å². The Balaban J connectivity index is 2.07. The number of aliphatic hydroxyl groups excluding tert-OH is 1. The summed E-state index contributed by atoms with van der Waals surface area (Å²) in [6, 6.07) is 12.1. The Morgan fingerprint density at radius 3 is 2.84 bits per heavy atom. The van der Waals surface area contributed by atoms with E-state index in [-0.39, 0.29) is 6.61 Å². The van der Waals surface area contributed by atoms with Gasteiger partial charge < -0.3 is 15.2 Å². The van der Waals surface area contributed by atoms with Crippen LogP contribution in [0.4, 0.5) is 0 Å². The van der Waals surface area contributed by atoms with Gasteiger partial charge >= 0.3 is 0 Å². The van der Waals surface area contributed by atoms with Gasteiger partial charge in [-0.1, -0.05) is 37.3 Å². The Morgan fingerprint density at radius 2 is 2.05 bits per heavy atom. The lowest BCUT2D eigenvalue weighted by Crippen LogP contribution is -2.31. The molecule has 2 aromatic rings. The lowest BCUT2D eigenvalue weighted by atomic mass is 10.1. The first-order valence-electron chi connectivity index (χ1n) is 6.41. The van der Waals surface area contributed by atoms with E-state index >= 15 is 0 Å². The molecule has 4 heteroatoms. The molecule has 0 aliphatic carbocycles. The van der Waals surface area contributed by atoms with Crippen LogP contribution in [-0.4, -0.2) is 30.9 Å². The fraction of sp³-hybridized carbons (Fsp3) is 0.333. The fourth-order valence-electron chi connectivity index (χ4n) is 1.88. The summed E-state index contributed by atoms with van der Waals surface area (Å²) in [4.78, 5) is 0. The Labute approximate surface area is 121 Å². The van der Waals surface area contributed by atoms with Gasteiger partial charge in [-0.05, 0) is 39.3 Å². The van der Waals surface area contributed by atoms with Gasteiger partial charge in [0.25, 0.3) is 0 Å². The normalized spacial score (nSPS) is 12.6. The monoisotopic (exact) mass is 323 g/mol. The summed E-state index contributed by atoms with van der Waals surface area (Å²) < 4.78 is 6.60. The molecular weight excluding hydrogens is 306 g/mol. The van der Waals surface area contributed by atoms with Crippen molar-refractivity contribution in [1.82, 2.24) is 5.32 Å². The molecule has 3 nitrogen and oxygen atoms in total. The molecule has 0 heterocycles. The van der Waals surface area contributed by atoms with Crippen molar-refractivity contribution in [2.75, 3.05) is 19.7 Å². The molecule has 0 saturated carbocycles. The minimum Gasteiger partial charge on any atom is -0.490 e. The summed E-state index contributed by atoms with van der Waals surface area (Å²) in [6.45, 7) is 3.68. The Bertz CT molecular complexity index is 545. The predicted molar refractivity (Wildman–Crippen MR) is 81.7 cm³/mol. The second-order valence-corrected chi connectivity index (χ2v) is 5.16. The molecule has 0 amide bonds. The number of nitrogens with one attached hydrogen (secondary N) is 1. The van der Waals surface area contributed by atoms with E-state index < -0.39 is 6.10 Å². The van der Waals surface area contributed by atoms with Gasteiger partial charge in [-0.25, -0.2) is 0 Å². The van der Waals surface area contributed by atoms with Crippen LogP contribution < -0.4 is 10.1 Å². The second kappa shape index (κ2) is 6.89. The third-order valence-electron chi connectivity index (χ3n) is 2.89. The standard InChI is InChI=1S/C15H18BrNO2/c1-2-17-9-12(18)10-19-14-8-7-11-5-3-4-6-13(11)15(14)16/h3-8,12,17-18H,2,9-10H2,1H3. The van der Waals surface area contributed by atoms with Crippen molar-refractivity contribution < 1.29 is 9.84 Å². The number of benzene rings is 2. The molecular formula is C15H18BrNO2. The highest BCUT2D eigenvalue weighted by atomic mass is 79.9. The van der Waals surface area contributed by atoms with Crippen LogP contribution in [0, 0.1) is 0 Å². The van der Waals surface area contributed by atoms with Crippen molar-refractivity contribution in [1.29, 1.82) is 0 Å². The van der Waals surface area contributed by atoms with E-state index in [2.05, 4.69) is 27.3 Å². The van der Waals surface area contributed by atoms with Crippen LogP contribution in [0.15, 0.2) is 40.9 Å². The smallest absolute Gasteiger partial charge is 0.134 e. The van der Waals surface area contributed by atoms with E-state index in [0.29, 0.717) is 6.54 Å². The maximum absolute atomic E-state index is 9.74. The van der Waals surface area contributed by atoms with Crippen molar-refractivity contribution >= 4 is 26.7 Å². The van der Waals surface area contributed by atoms with Crippen LogP contribution >= 0.6 is 15.9 Å². The van der Waals surface area contributed by atoms with Crippen LogP contribution in [-0.2, 0) is 0 Å². The number of hydrogen-bond donors (Lipinski definition) is 2. The summed E-state index contributed by atoms with van der Waals surface area (Å²) in [7, 11) is 0. The number of hydrogen-bond acceptors (Lipinski definition) is 3. The molecule has 1 unspecified atom stereocenters. The number of likely N-dealkylation sites (N-methyl/N-ethyl adjacent to an activating group) is 1. The minimum atomic E-state index is -0.502. The highest BCUT2D eigenvalue weighted by Gasteiger charge is 2.08. The van der Waals surface area contributed by atoms with Crippen molar-refractivity contribution in [2.24, 2.45) is 0 Å². The van der Waals surface area contributed by atoms with Crippen molar-refractivity contribution in [3.63, 3.8) is 0 Å². The highest BCUT2D eigenvalue weighted by molar-refractivity contribution is 9.10. The summed E-state index contributed by atoms with van der Waals surface area (Å²) in [5, 5.41) is 15.1. The van der Waals surface area contributed by atoms with Gasteiger partial charge in [-0.15, -0.1) is 0 Å². The average Bonchev–Trinajstić information content (AvgIpc) is 2.44. The molecule has 0 fully saturated rings. The molecule has 19 heavy (non-hydrogen) atoms. The minimum absolute atomic E-state index is 0.282. The Morgan fingerprint density at radius 1 is 1.26 bits per heavy atom. The number of rotatable bonds is 6. The fourth-order valence-corrected chi connectivity index (χ4v) is 2.49. The topological polar surface area (TPSA) is 41.5 Å². The first-order chi connectivity index (χ1) is 9.22. The molecule has 0 bridgehead atoms. The van der Waals surface area contributed by atoms with Crippen molar-refractivity contribution in [3.05, 3.63) is 40.9 Å². The van der Waals surface area contributed by atoms with E-state index in [1.165, 1.54) is 0 Å². The van der Waals surface area contributed by atoms with Gasteiger partial charge in [0, 0.05) is 6.54 Å². The molecule has 0 aromatic heterocycles. The maximum Gasteiger partial charge on any atom is 0.134 e. The number of halogens is 1.